The second-order valence-electron chi connectivity index (χ2n) is 6.11. The minimum absolute atomic E-state index is 0.346. The highest BCUT2D eigenvalue weighted by atomic mass is 32.1. The first-order chi connectivity index (χ1) is 13.4. The van der Waals surface area contributed by atoms with Gasteiger partial charge in [-0.1, -0.05) is 12.1 Å². The van der Waals surface area contributed by atoms with Gasteiger partial charge < -0.3 is 25.4 Å². The monoisotopic (exact) mass is 401 g/mol. The molecule has 1 heterocycles. The lowest BCUT2D eigenvalue weighted by Crippen LogP contribution is -2.45. The van der Waals surface area contributed by atoms with Crippen LogP contribution in [0.3, 0.4) is 0 Å². The van der Waals surface area contributed by atoms with Crippen LogP contribution in [0.15, 0.2) is 53.7 Å². The number of para-hydroxylation sites is 1. The van der Waals surface area contributed by atoms with Gasteiger partial charge in [0.15, 0.2) is 16.6 Å². The van der Waals surface area contributed by atoms with E-state index in [4.69, 9.17) is 21.7 Å². The minimum Gasteiger partial charge on any atom is -0.493 e. The quantitative estimate of drug-likeness (QED) is 0.668. The molecule has 2 aromatic rings. The van der Waals surface area contributed by atoms with Crippen molar-refractivity contribution >= 4 is 28.9 Å². The van der Waals surface area contributed by atoms with Gasteiger partial charge in [0.25, 0.3) is 5.91 Å². The number of nitrogens with one attached hydrogen (secondary N) is 3. The molecule has 0 unspecified atom stereocenters. The summed E-state index contributed by atoms with van der Waals surface area (Å²) in [6.07, 6.45) is 0. The smallest absolute Gasteiger partial charge is 0.255 e. The summed E-state index contributed by atoms with van der Waals surface area (Å²) >= 11 is 5.28. The Labute approximate surface area is 167 Å². The number of methoxy groups -OCH3 is 2. The number of rotatable bonds is 5. The lowest BCUT2D eigenvalue weighted by molar-refractivity contribution is -0.113. The molecular formula is C20H20FN3O3S. The van der Waals surface area contributed by atoms with E-state index < -0.39 is 6.04 Å². The van der Waals surface area contributed by atoms with Crippen LogP contribution >= 0.6 is 12.2 Å². The van der Waals surface area contributed by atoms with E-state index in [0.29, 0.717) is 39.1 Å². The topological polar surface area (TPSA) is 71.6 Å². The predicted octanol–water partition coefficient (Wildman–Crippen LogP) is 3.27. The van der Waals surface area contributed by atoms with Gasteiger partial charge in [0.05, 0.1) is 25.8 Å². The van der Waals surface area contributed by atoms with Crippen molar-refractivity contribution in [3.05, 3.63) is 65.1 Å². The molecule has 6 nitrogen and oxygen atoms in total. The molecule has 0 bridgehead atoms. The van der Waals surface area contributed by atoms with Gasteiger partial charge in [-0.15, -0.1) is 0 Å². The standard InChI is InChI=1S/C20H20FN3O3S/c1-11-16(19(25)23-13-9-7-12(21)8-10-13)17(24-20(28)22-11)14-5-4-6-15(26-2)18(14)27-3/h4-10,17H,1-3H3,(H,23,25)(H2,22,24,28)/t17-/m0/s1. The summed E-state index contributed by atoms with van der Waals surface area (Å²) in [5, 5.41) is 9.28. The molecule has 3 rings (SSSR count). The third-order valence-electron chi connectivity index (χ3n) is 4.36. The van der Waals surface area contributed by atoms with Gasteiger partial charge in [0.2, 0.25) is 0 Å². The van der Waals surface area contributed by atoms with Crippen LogP contribution in [0.5, 0.6) is 11.5 Å². The van der Waals surface area contributed by atoms with E-state index in [0.717, 1.165) is 0 Å². The van der Waals surface area contributed by atoms with E-state index in [1.807, 2.05) is 12.1 Å². The Bertz CT molecular complexity index is 944. The largest absolute Gasteiger partial charge is 0.493 e. The summed E-state index contributed by atoms with van der Waals surface area (Å²) < 4.78 is 24.0. The minimum atomic E-state index is -0.556. The van der Waals surface area contributed by atoms with Crippen LogP contribution < -0.4 is 25.4 Å². The number of benzene rings is 2. The van der Waals surface area contributed by atoms with Gasteiger partial charge in [-0.2, -0.15) is 0 Å². The van der Waals surface area contributed by atoms with Crippen LogP contribution in [0.25, 0.3) is 0 Å². The highest BCUT2D eigenvalue weighted by molar-refractivity contribution is 7.80. The SMILES string of the molecule is COc1cccc([C@@H]2NC(=S)NC(C)=C2C(=O)Nc2ccc(F)cc2)c1OC. The van der Waals surface area contributed by atoms with Crippen LogP contribution in [-0.4, -0.2) is 25.2 Å². The molecule has 0 aliphatic carbocycles. The fourth-order valence-corrected chi connectivity index (χ4v) is 3.37. The van der Waals surface area contributed by atoms with E-state index >= 15 is 0 Å². The lowest BCUT2D eigenvalue weighted by atomic mass is 9.94. The van der Waals surface area contributed by atoms with E-state index in [-0.39, 0.29) is 11.7 Å². The fraction of sp³-hybridized carbons (Fsp3) is 0.200. The number of halogens is 1. The van der Waals surface area contributed by atoms with E-state index in [9.17, 15) is 9.18 Å². The first kappa shape index (κ1) is 19.6. The van der Waals surface area contributed by atoms with Crippen molar-refractivity contribution < 1.29 is 18.7 Å². The van der Waals surface area contributed by atoms with Crippen molar-refractivity contribution in [3.63, 3.8) is 0 Å². The molecule has 146 valence electrons. The molecule has 1 aliphatic heterocycles. The van der Waals surface area contributed by atoms with Crippen molar-refractivity contribution in [3.8, 4) is 11.5 Å². The average molecular weight is 401 g/mol. The van der Waals surface area contributed by atoms with Crippen LogP contribution in [0.1, 0.15) is 18.5 Å². The number of carbonyl (C=O) groups is 1. The van der Waals surface area contributed by atoms with Gasteiger partial charge in [0, 0.05) is 16.9 Å². The summed E-state index contributed by atoms with van der Waals surface area (Å²) in [5.41, 5.74) is 2.23. The molecule has 2 aromatic carbocycles. The Kier molecular flexibility index (Phi) is 5.79. The third-order valence-corrected chi connectivity index (χ3v) is 4.58. The fourth-order valence-electron chi connectivity index (χ4n) is 3.10. The Balaban J connectivity index is 2.02. The van der Waals surface area contributed by atoms with Gasteiger partial charge >= 0.3 is 0 Å². The number of ether oxygens (including phenoxy) is 2. The van der Waals surface area contributed by atoms with E-state index in [1.54, 1.807) is 20.1 Å². The zero-order chi connectivity index (χ0) is 20.3. The van der Waals surface area contributed by atoms with Crippen LogP contribution in [0, 0.1) is 5.82 Å². The summed E-state index contributed by atoms with van der Waals surface area (Å²) in [6.45, 7) is 1.77. The van der Waals surface area contributed by atoms with E-state index in [1.165, 1.54) is 31.4 Å². The summed E-state index contributed by atoms with van der Waals surface area (Å²) in [6, 6.07) is 10.4. The molecule has 1 atom stereocenters. The Morgan fingerprint density at radius 2 is 1.86 bits per heavy atom. The molecule has 0 spiro atoms. The average Bonchev–Trinajstić information content (AvgIpc) is 2.68. The van der Waals surface area contributed by atoms with Crippen LogP contribution in [0.2, 0.25) is 0 Å². The number of carbonyl (C=O) groups excluding carboxylic acids is 1. The van der Waals surface area contributed by atoms with Gasteiger partial charge in [0.1, 0.15) is 5.82 Å². The molecule has 0 radical (unpaired) electrons. The molecule has 0 saturated carbocycles. The van der Waals surface area contributed by atoms with Crippen LogP contribution in [0.4, 0.5) is 10.1 Å². The first-order valence-electron chi connectivity index (χ1n) is 8.50. The molecular weight excluding hydrogens is 381 g/mol. The van der Waals surface area contributed by atoms with Crippen LogP contribution in [-0.2, 0) is 4.79 Å². The lowest BCUT2D eigenvalue weighted by Gasteiger charge is -2.31. The van der Waals surface area contributed by atoms with Crippen molar-refractivity contribution in [1.82, 2.24) is 10.6 Å². The second-order valence-corrected chi connectivity index (χ2v) is 6.52. The molecule has 8 heteroatoms. The maximum atomic E-state index is 13.1. The molecule has 0 saturated heterocycles. The molecule has 0 aromatic heterocycles. The Hall–Kier alpha value is -3.13. The number of thiocarbonyl (C=S) groups is 1. The van der Waals surface area contributed by atoms with Crippen molar-refractivity contribution in [2.75, 3.05) is 19.5 Å². The molecule has 1 aliphatic rings. The third kappa shape index (κ3) is 3.91. The van der Waals surface area contributed by atoms with Crippen molar-refractivity contribution in [2.45, 2.75) is 13.0 Å². The number of anilines is 1. The predicted molar refractivity (Wildman–Crippen MR) is 109 cm³/mol. The Morgan fingerprint density at radius 3 is 2.50 bits per heavy atom. The highest BCUT2D eigenvalue weighted by Gasteiger charge is 2.32. The Morgan fingerprint density at radius 1 is 1.14 bits per heavy atom. The molecule has 3 N–H and O–H groups in total. The first-order valence-corrected chi connectivity index (χ1v) is 8.91. The number of amides is 1. The number of allylic oxidation sites excluding steroid dienone is 1. The van der Waals surface area contributed by atoms with Gasteiger partial charge in [-0.05, 0) is 49.5 Å². The number of hydrogen-bond donors (Lipinski definition) is 3. The zero-order valence-corrected chi connectivity index (χ0v) is 16.4. The normalized spacial score (nSPS) is 16.1. The highest BCUT2D eigenvalue weighted by Crippen LogP contribution is 2.39. The van der Waals surface area contributed by atoms with Crippen molar-refractivity contribution in [1.29, 1.82) is 0 Å². The maximum absolute atomic E-state index is 13.1. The molecule has 1 amide bonds. The summed E-state index contributed by atoms with van der Waals surface area (Å²) in [5.74, 6) is 0.328. The van der Waals surface area contributed by atoms with E-state index in [2.05, 4.69) is 16.0 Å². The summed E-state index contributed by atoms with van der Waals surface area (Å²) in [7, 11) is 3.08. The van der Waals surface area contributed by atoms with Crippen molar-refractivity contribution in [2.24, 2.45) is 0 Å². The van der Waals surface area contributed by atoms with Gasteiger partial charge in [-0.3, -0.25) is 4.79 Å². The maximum Gasteiger partial charge on any atom is 0.255 e. The summed E-state index contributed by atoms with van der Waals surface area (Å²) in [4.78, 5) is 13.0. The molecule has 0 fully saturated rings. The number of hydrogen-bond acceptors (Lipinski definition) is 4. The second kappa shape index (κ2) is 8.26. The molecule has 28 heavy (non-hydrogen) atoms. The zero-order valence-electron chi connectivity index (χ0n) is 15.6. The van der Waals surface area contributed by atoms with Gasteiger partial charge in [-0.25, -0.2) is 4.39 Å².